The van der Waals surface area contributed by atoms with E-state index in [1.54, 1.807) is 0 Å². The molecule has 0 heterocycles. The summed E-state index contributed by atoms with van der Waals surface area (Å²) in [5.74, 6) is 0. The molecule has 0 spiro atoms. The fourth-order valence-corrected chi connectivity index (χ4v) is 2.21. The number of hydrogen-bond acceptors (Lipinski definition) is 2. The van der Waals surface area contributed by atoms with Gasteiger partial charge in [-0.3, -0.25) is 0 Å². The summed E-state index contributed by atoms with van der Waals surface area (Å²) < 4.78 is 37.7. The summed E-state index contributed by atoms with van der Waals surface area (Å²) in [5.41, 5.74) is 5.40. The van der Waals surface area contributed by atoms with Crippen molar-refractivity contribution in [1.29, 1.82) is 0 Å². The molecule has 21 heavy (non-hydrogen) atoms. The third-order valence-corrected chi connectivity index (χ3v) is 3.69. The fourth-order valence-electron chi connectivity index (χ4n) is 1.62. The molecule has 0 atom stereocenters. The van der Waals surface area contributed by atoms with E-state index in [9.17, 15) is 13.2 Å². The van der Waals surface area contributed by atoms with Crippen molar-refractivity contribution in [2.45, 2.75) is 6.18 Å². The number of alkyl halides is 3. The minimum absolute atomic E-state index is 0.0630. The lowest BCUT2D eigenvalue weighted by molar-refractivity contribution is -0.137. The van der Waals surface area contributed by atoms with Crippen LogP contribution in [0.1, 0.15) is 5.56 Å². The van der Waals surface area contributed by atoms with Crippen LogP contribution in [0.2, 0.25) is 15.1 Å². The Kier molecular flexibility index (Phi) is 4.46. The van der Waals surface area contributed by atoms with E-state index in [0.717, 1.165) is 12.1 Å². The van der Waals surface area contributed by atoms with Crippen LogP contribution in [0.5, 0.6) is 0 Å². The lowest BCUT2D eigenvalue weighted by Crippen LogP contribution is -2.06. The highest BCUT2D eigenvalue weighted by Gasteiger charge is 2.30. The van der Waals surface area contributed by atoms with Crippen molar-refractivity contribution in [2.24, 2.45) is 0 Å². The highest BCUT2D eigenvalue weighted by Crippen LogP contribution is 2.37. The van der Waals surface area contributed by atoms with Crippen LogP contribution in [0, 0.1) is 0 Å². The molecule has 2 rings (SSSR count). The second kappa shape index (κ2) is 5.83. The largest absolute Gasteiger partial charge is 0.416 e. The zero-order valence-electron chi connectivity index (χ0n) is 10.2. The monoisotopic (exact) mass is 354 g/mol. The predicted octanol–water partition coefficient (Wildman–Crippen LogP) is 5.99. The number of nitrogen functional groups attached to an aromatic ring is 1. The molecule has 2 aromatic carbocycles. The molecule has 2 aromatic rings. The second-order valence-electron chi connectivity index (χ2n) is 4.17. The van der Waals surface area contributed by atoms with Gasteiger partial charge in [0.25, 0.3) is 0 Å². The Bertz CT molecular complexity index is 687. The van der Waals surface area contributed by atoms with E-state index in [0.29, 0.717) is 5.69 Å². The van der Waals surface area contributed by atoms with Gasteiger partial charge in [0.1, 0.15) is 0 Å². The molecule has 0 radical (unpaired) electrons. The van der Waals surface area contributed by atoms with Gasteiger partial charge < -0.3 is 11.1 Å². The van der Waals surface area contributed by atoms with Crippen molar-refractivity contribution in [2.75, 3.05) is 11.1 Å². The Hall–Kier alpha value is -1.30. The summed E-state index contributed by atoms with van der Waals surface area (Å²) in [4.78, 5) is 0. The molecule has 0 aliphatic heterocycles. The zero-order valence-corrected chi connectivity index (χ0v) is 12.5. The number of anilines is 3. The standard InChI is InChI=1S/C13H8Cl3F3N2/c14-7-4-9(16)12(5-8(7)15)21-11-2-1-6(3-10(11)20)13(17,18)19/h1-5,21H,20H2. The normalized spacial score (nSPS) is 11.5. The Morgan fingerprint density at radius 2 is 1.48 bits per heavy atom. The van der Waals surface area contributed by atoms with E-state index in [2.05, 4.69) is 5.32 Å². The molecule has 8 heteroatoms. The van der Waals surface area contributed by atoms with Crippen molar-refractivity contribution in [3.05, 3.63) is 51.0 Å². The van der Waals surface area contributed by atoms with Crippen LogP contribution in [-0.2, 0) is 6.18 Å². The molecule has 112 valence electrons. The predicted molar refractivity (Wildman–Crippen MR) is 80.6 cm³/mol. The molecular formula is C13H8Cl3F3N2. The SMILES string of the molecule is Nc1cc(C(F)(F)F)ccc1Nc1cc(Cl)c(Cl)cc1Cl. The van der Waals surface area contributed by atoms with E-state index in [1.165, 1.54) is 18.2 Å². The molecular weight excluding hydrogens is 348 g/mol. The molecule has 0 aliphatic rings. The molecule has 3 N–H and O–H groups in total. The minimum Gasteiger partial charge on any atom is -0.397 e. The number of nitrogens with two attached hydrogens (primary N) is 1. The van der Waals surface area contributed by atoms with Crippen molar-refractivity contribution in [3.63, 3.8) is 0 Å². The van der Waals surface area contributed by atoms with Crippen molar-refractivity contribution in [1.82, 2.24) is 0 Å². The maximum absolute atomic E-state index is 12.6. The van der Waals surface area contributed by atoms with Gasteiger partial charge in [-0.1, -0.05) is 34.8 Å². The Labute approximate surface area is 133 Å². The van der Waals surface area contributed by atoms with Crippen LogP contribution in [0.25, 0.3) is 0 Å². The lowest BCUT2D eigenvalue weighted by atomic mass is 10.1. The van der Waals surface area contributed by atoms with E-state index in [1.807, 2.05) is 0 Å². The maximum atomic E-state index is 12.6. The van der Waals surface area contributed by atoms with Crippen LogP contribution in [-0.4, -0.2) is 0 Å². The van der Waals surface area contributed by atoms with Crippen LogP contribution in [0.4, 0.5) is 30.2 Å². The van der Waals surface area contributed by atoms with Crippen molar-refractivity contribution >= 4 is 51.9 Å². The van der Waals surface area contributed by atoms with Gasteiger partial charge in [0.15, 0.2) is 0 Å². The number of nitrogens with one attached hydrogen (secondary N) is 1. The van der Waals surface area contributed by atoms with E-state index in [-0.39, 0.29) is 26.4 Å². The van der Waals surface area contributed by atoms with Crippen LogP contribution < -0.4 is 11.1 Å². The molecule has 0 amide bonds. The average molecular weight is 356 g/mol. The van der Waals surface area contributed by atoms with Crippen molar-refractivity contribution < 1.29 is 13.2 Å². The number of benzene rings is 2. The first-order valence-electron chi connectivity index (χ1n) is 5.57. The molecule has 0 aromatic heterocycles. The molecule has 0 saturated carbocycles. The molecule has 0 saturated heterocycles. The molecule has 0 unspecified atom stereocenters. The summed E-state index contributed by atoms with van der Waals surface area (Å²) in [6, 6.07) is 5.87. The van der Waals surface area contributed by atoms with Gasteiger partial charge in [-0.15, -0.1) is 0 Å². The highest BCUT2D eigenvalue weighted by atomic mass is 35.5. The van der Waals surface area contributed by atoms with Gasteiger partial charge in [0.05, 0.1) is 37.7 Å². The summed E-state index contributed by atoms with van der Waals surface area (Å²) in [7, 11) is 0. The van der Waals surface area contributed by atoms with E-state index >= 15 is 0 Å². The zero-order chi connectivity index (χ0) is 15.8. The van der Waals surface area contributed by atoms with Crippen LogP contribution in [0.3, 0.4) is 0 Å². The average Bonchev–Trinajstić information content (AvgIpc) is 2.36. The molecule has 0 fully saturated rings. The van der Waals surface area contributed by atoms with Crippen LogP contribution >= 0.6 is 34.8 Å². The Morgan fingerprint density at radius 1 is 0.857 bits per heavy atom. The molecule has 0 bridgehead atoms. The maximum Gasteiger partial charge on any atom is 0.416 e. The first-order valence-corrected chi connectivity index (χ1v) is 6.70. The van der Waals surface area contributed by atoms with Crippen LogP contribution in [0.15, 0.2) is 30.3 Å². The number of hydrogen-bond donors (Lipinski definition) is 2. The third-order valence-electron chi connectivity index (χ3n) is 2.66. The Balaban J connectivity index is 2.35. The van der Waals surface area contributed by atoms with Gasteiger partial charge in [0.2, 0.25) is 0 Å². The first kappa shape index (κ1) is 16.1. The first-order chi connectivity index (χ1) is 9.68. The second-order valence-corrected chi connectivity index (χ2v) is 5.39. The van der Waals surface area contributed by atoms with Gasteiger partial charge >= 0.3 is 6.18 Å². The molecule has 0 aliphatic carbocycles. The summed E-state index contributed by atoms with van der Waals surface area (Å²) in [6.45, 7) is 0. The van der Waals surface area contributed by atoms with Gasteiger partial charge in [-0.25, -0.2) is 0 Å². The van der Waals surface area contributed by atoms with Gasteiger partial charge in [-0.2, -0.15) is 13.2 Å². The number of rotatable bonds is 2. The van der Waals surface area contributed by atoms with E-state index < -0.39 is 11.7 Å². The molecule has 2 nitrogen and oxygen atoms in total. The topological polar surface area (TPSA) is 38.0 Å². The summed E-state index contributed by atoms with van der Waals surface area (Å²) in [5, 5.41) is 3.62. The third kappa shape index (κ3) is 3.67. The Morgan fingerprint density at radius 3 is 2.05 bits per heavy atom. The minimum atomic E-state index is -4.45. The quantitative estimate of drug-likeness (QED) is 0.513. The summed E-state index contributed by atoms with van der Waals surface area (Å²) in [6.07, 6.45) is -4.45. The van der Waals surface area contributed by atoms with Gasteiger partial charge in [0, 0.05) is 0 Å². The fraction of sp³-hybridized carbons (Fsp3) is 0.0769. The van der Waals surface area contributed by atoms with E-state index in [4.69, 9.17) is 40.5 Å². The van der Waals surface area contributed by atoms with Crippen molar-refractivity contribution in [3.8, 4) is 0 Å². The smallest absolute Gasteiger partial charge is 0.397 e. The van der Waals surface area contributed by atoms with Gasteiger partial charge in [-0.05, 0) is 30.3 Å². The lowest BCUT2D eigenvalue weighted by Gasteiger charge is -2.14. The highest BCUT2D eigenvalue weighted by molar-refractivity contribution is 6.44. The number of halogens is 6. The summed E-state index contributed by atoms with van der Waals surface area (Å²) >= 11 is 17.6.